The van der Waals surface area contributed by atoms with Crippen LogP contribution >= 0.6 is 11.6 Å². The maximum atomic E-state index is 8.51. The fourth-order valence-electron chi connectivity index (χ4n) is 0.790. The van der Waals surface area contributed by atoms with Crippen molar-refractivity contribution in [1.82, 2.24) is 4.98 Å². The smallest absolute Gasteiger partial charge is 0.0812 e. The van der Waals surface area contributed by atoms with E-state index >= 15 is 0 Å². The third-order valence-electron chi connectivity index (χ3n) is 1.36. The van der Waals surface area contributed by atoms with Gasteiger partial charge >= 0.3 is 0 Å². The maximum Gasteiger partial charge on any atom is 0.0812 e. The molecule has 0 spiro atoms. The molecule has 0 bridgehead atoms. The highest BCUT2D eigenvalue weighted by Gasteiger charge is 1.93. The molecule has 3 heteroatoms. The van der Waals surface area contributed by atoms with Crippen molar-refractivity contribution in [3.05, 3.63) is 35.1 Å². The molecule has 0 saturated carbocycles. The molecule has 1 N–H and O–H groups in total. The second kappa shape index (κ2) is 4.91. The third-order valence-corrected chi connectivity index (χ3v) is 1.68. The van der Waals surface area contributed by atoms with Gasteiger partial charge in [-0.1, -0.05) is 17.7 Å². The summed E-state index contributed by atoms with van der Waals surface area (Å²) in [6, 6.07) is 3.57. The lowest BCUT2D eigenvalue weighted by atomic mass is 10.3. The second-order valence-corrected chi connectivity index (χ2v) is 2.69. The molecule has 1 aromatic rings. The second-order valence-electron chi connectivity index (χ2n) is 2.29. The van der Waals surface area contributed by atoms with Gasteiger partial charge < -0.3 is 5.11 Å². The molecule has 0 radical (unpaired) electrons. The predicted molar refractivity (Wildman–Crippen MR) is 50.0 cm³/mol. The van der Waals surface area contributed by atoms with Crippen LogP contribution in [0.5, 0.6) is 0 Å². The average Bonchev–Trinajstić information content (AvgIpc) is 2.09. The number of aliphatic hydroxyl groups is 1. The molecule has 0 fully saturated rings. The molecule has 0 aliphatic rings. The first kappa shape index (κ1) is 9.23. The van der Waals surface area contributed by atoms with Crippen LogP contribution in [0.25, 0.3) is 6.08 Å². The van der Waals surface area contributed by atoms with Gasteiger partial charge in [-0.2, -0.15) is 0 Å². The Kier molecular flexibility index (Phi) is 3.77. The van der Waals surface area contributed by atoms with Crippen LogP contribution in [0.4, 0.5) is 0 Å². The summed E-state index contributed by atoms with van der Waals surface area (Å²) in [5, 5.41) is 9.14. The minimum absolute atomic E-state index is 0.154. The van der Waals surface area contributed by atoms with E-state index in [1.54, 1.807) is 24.4 Å². The largest absolute Gasteiger partial charge is 0.396 e. The average molecular weight is 184 g/mol. The van der Waals surface area contributed by atoms with E-state index in [9.17, 15) is 0 Å². The van der Waals surface area contributed by atoms with Gasteiger partial charge in [0.15, 0.2) is 0 Å². The van der Waals surface area contributed by atoms with E-state index in [4.69, 9.17) is 16.7 Å². The highest BCUT2D eigenvalue weighted by Crippen LogP contribution is 2.13. The van der Waals surface area contributed by atoms with Gasteiger partial charge in [0.2, 0.25) is 0 Å². The molecule has 0 aliphatic heterocycles. The lowest BCUT2D eigenvalue weighted by molar-refractivity contribution is 0.303. The standard InChI is InChI=1S/C9H10ClNO/c10-8-4-3-6-11-9(8)5-1-2-7-12/h1,3-6,12H,2,7H2. The Morgan fingerprint density at radius 1 is 1.58 bits per heavy atom. The maximum absolute atomic E-state index is 8.51. The number of nitrogens with zero attached hydrogens (tertiary/aromatic N) is 1. The summed E-state index contributed by atoms with van der Waals surface area (Å²) in [5.74, 6) is 0. The number of rotatable bonds is 3. The highest BCUT2D eigenvalue weighted by atomic mass is 35.5. The van der Waals surface area contributed by atoms with Crippen LogP contribution in [0.3, 0.4) is 0 Å². The quantitative estimate of drug-likeness (QED) is 0.779. The molecule has 1 heterocycles. The summed E-state index contributed by atoms with van der Waals surface area (Å²) in [5.41, 5.74) is 0.743. The summed E-state index contributed by atoms with van der Waals surface area (Å²) in [7, 11) is 0. The van der Waals surface area contributed by atoms with E-state index < -0.39 is 0 Å². The van der Waals surface area contributed by atoms with E-state index in [2.05, 4.69) is 4.98 Å². The van der Waals surface area contributed by atoms with E-state index in [-0.39, 0.29) is 6.61 Å². The molecule has 1 aromatic heterocycles. The molecule has 2 nitrogen and oxygen atoms in total. The molecule has 0 saturated heterocycles. The zero-order chi connectivity index (χ0) is 8.81. The van der Waals surface area contributed by atoms with Crippen LogP contribution in [-0.4, -0.2) is 16.7 Å². The fraction of sp³-hybridized carbons (Fsp3) is 0.222. The lowest BCUT2D eigenvalue weighted by Crippen LogP contribution is -1.81. The van der Waals surface area contributed by atoms with Crippen molar-refractivity contribution in [2.24, 2.45) is 0 Å². The number of aliphatic hydroxyl groups excluding tert-OH is 1. The van der Waals surface area contributed by atoms with E-state index in [1.165, 1.54) is 0 Å². The Hall–Kier alpha value is -0.860. The van der Waals surface area contributed by atoms with Crippen LogP contribution < -0.4 is 0 Å². The number of hydrogen-bond donors (Lipinski definition) is 1. The zero-order valence-corrected chi connectivity index (χ0v) is 7.33. The lowest BCUT2D eigenvalue weighted by Gasteiger charge is -1.94. The Morgan fingerprint density at radius 2 is 2.42 bits per heavy atom. The number of halogens is 1. The molecule has 64 valence electrons. The van der Waals surface area contributed by atoms with Gasteiger partial charge in [0.05, 0.1) is 10.7 Å². The highest BCUT2D eigenvalue weighted by molar-refractivity contribution is 6.31. The summed E-state index contributed by atoms with van der Waals surface area (Å²) in [6.07, 6.45) is 5.96. The van der Waals surface area contributed by atoms with Gasteiger partial charge in [-0.25, -0.2) is 0 Å². The van der Waals surface area contributed by atoms with Crippen molar-refractivity contribution in [3.8, 4) is 0 Å². The van der Waals surface area contributed by atoms with Gasteiger partial charge in [-0.05, 0) is 24.6 Å². The van der Waals surface area contributed by atoms with E-state index in [0.29, 0.717) is 11.4 Å². The first-order chi connectivity index (χ1) is 5.84. The topological polar surface area (TPSA) is 33.1 Å². The zero-order valence-electron chi connectivity index (χ0n) is 6.57. The van der Waals surface area contributed by atoms with Crippen molar-refractivity contribution < 1.29 is 5.11 Å². The van der Waals surface area contributed by atoms with E-state index in [0.717, 1.165) is 5.69 Å². The number of hydrogen-bond acceptors (Lipinski definition) is 2. The summed E-state index contributed by atoms with van der Waals surface area (Å²) in [4.78, 5) is 4.05. The number of pyridine rings is 1. The molecule has 1 rings (SSSR count). The van der Waals surface area contributed by atoms with Crippen LogP contribution in [0.1, 0.15) is 12.1 Å². The van der Waals surface area contributed by atoms with Gasteiger partial charge in [0.1, 0.15) is 0 Å². The Bertz CT molecular complexity index is 273. The molecular weight excluding hydrogens is 174 g/mol. The minimum Gasteiger partial charge on any atom is -0.396 e. The molecule has 0 atom stereocenters. The van der Waals surface area contributed by atoms with Crippen molar-refractivity contribution in [2.75, 3.05) is 6.61 Å². The SMILES string of the molecule is OCCC=Cc1ncccc1Cl. The van der Waals surface area contributed by atoms with Gasteiger partial charge in [-0.15, -0.1) is 0 Å². The molecule has 12 heavy (non-hydrogen) atoms. The first-order valence-electron chi connectivity index (χ1n) is 3.72. The molecule has 0 unspecified atom stereocenters. The molecule has 0 aromatic carbocycles. The van der Waals surface area contributed by atoms with Crippen molar-refractivity contribution in [3.63, 3.8) is 0 Å². The van der Waals surface area contributed by atoms with Crippen molar-refractivity contribution in [2.45, 2.75) is 6.42 Å². The summed E-state index contributed by atoms with van der Waals surface area (Å²) in [6.45, 7) is 0.154. The van der Waals surface area contributed by atoms with Crippen molar-refractivity contribution >= 4 is 17.7 Å². The van der Waals surface area contributed by atoms with Crippen LogP contribution in [0, 0.1) is 0 Å². The Balaban J connectivity index is 2.68. The van der Waals surface area contributed by atoms with Crippen LogP contribution in [-0.2, 0) is 0 Å². The molecular formula is C9H10ClNO. The Morgan fingerprint density at radius 3 is 3.08 bits per heavy atom. The normalized spacial score (nSPS) is 10.8. The summed E-state index contributed by atoms with van der Waals surface area (Å²) < 4.78 is 0. The van der Waals surface area contributed by atoms with Gasteiger partial charge in [-0.3, -0.25) is 4.98 Å². The number of aromatic nitrogens is 1. The molecule has 0 amide bonds. The van der Waals surface area contributed by atoms with Crippen LogP contribution in [0.2, 0.25) is 5.02 Å². The first-order valence-corrected chi connectivity index (χ1v) is 4.10. The van der Waals surface area contributed by atoms with E-state index in [1.807, 2.05) is 6.08 Å². The Labute approximate surface area is 76.5 Å². The predicted octanol–water partition coefficient (Wildman–Crippen LogP) is 2.13. The molecule has 0 aliphatic carbocycles. The van der Waals surface area contributed by atoms with Gasteiger partial charge in [0, 0.05) is 12.8 Å². The summed E-state index contributed by atoms with van der Waals surface area (Å²) >= 11 is 5.83. The fourth-order valence-corrected chi connectivity index (χ4v) is 0.975. The third kappa shape index (κ3) is 2.64. The monoisotopic (exact) mass is 183 g/mol. The van der Waals surface area contributed by atoms with Crippen molar-refractivity contribution in [1.29, 1.82) is 0 Å². The minimum atomic E-state index is 0.154. The van der Waals surface area contributed by atoms with Gasteiger partial charge in [0.25, 0.3) is 0 Å². The van der Waals surface area contributed by atoms with Crippen LogP contribution in [0.15, 0.2) is 24.4 Å².